The van der Waals surface area contributed by atoms with Gasteiger partial charge in [0, 0.05) is 6.04 Å². The van der Waals surface area contributed by atoms with E-state index in [-0.39, 0.29) is 11.9 Å². The van der Waals surface area contributed by atoms with Gasteiger partial charge in [-0.1, -0.05) is 13.0 Å². The van der Waals surface area contributed by atoms with Crippen molar-refractivity contribution in [2.24, 2.45) is 0 Å². The zero-order chi connectivity index (χ0) is 14.7. The molecule has 1 atom stereocenters. The Labute approximate surface area is 139 Å². The fourth-order valence-corrected chi connectivity index (χ4v) is 5.21. The number of thiophene rings is 1. The van der Waals surface area contributed by atoms with Crippen LogP contribution in [-0.2, 0) is 6.42 Å². The fraction of sp³-hybridized carbons (Fsp3) is 0.333. The van der Waals surface area contributed by atoms with E-state index in [4.69, 9.17) is 0 Å². The van der Waals surface area contributed by atoms with Crippen molar-refractivity contribution >= 4 is 43.2 Å². The molecule has 0 bridgehead atoms. The summed E-state index contributed by atoms with van der Waals surface area (Å²) < 4.78 is 15.4. The number of hydrogen-bond donors (Lipinski definition) is 1. The lowest BCUT2D eigenvalue weighted by Gasteiger charge is -2.19. The van der Waals surface area contributed by atoms with Gasteiger partial charge in [0.2, 0.25) is 0 Å². The molecule has 1 heterocycles. The molecule has 2 rings (SSSR count). The maximum Gasteiger partial charge on any atom is 0.123 e. The molecule has 1 N–H and O–H groups in total. The van der Waals surface area contributed by atoms with Gasteiger partial charge in [-0.25, -0.2) is 4.39 Å². The van der Waals surface area contributed by atoms with E-state index in [1.54, 1.807) is 17.4 Å². The minimum atomic E-state index is -0.175. The largest absolute Gasteiger partial charge is 0.310 e. The molecule has 0 radical (unpaired) electrons. The SMILES string of the molecule is CCNC(Cc1ccc(F)cc1C)c1cc(Br)sc1Br. The maximum atomic E-state index is 13.2. The molecule has 1 aromatic carbocycles. The van der Waals surface area contributed by atoms with E-state index in [1.165, 1.54) is 17.2 Å². The molecule has 0 aliphatic rings. The summed E-state index contributed by atoms with van der Waals surface area (Å²) in [5, 5.41) is 3.51. The number of halogens is 3. The molecule has 0 aliphatic heterocycles. The molecule has 1 aromatic heterocycles. The highest BCUT2D eigenvalue weighted by molar-refractivity contribution is 9.12. The van der Waals surface area contributed by atoms with Crippen LogP contribution in [-0.4, -0.2) is 6.54 Å². The lowest BCUT2D eigenvalue weighted by atomic mass is 9.97. The van der Waals surface area contributed by atoms with Crippen LogP contribution in [0.2, 0.25) is 0 Å². The van der Waals surface area contributed by atoms with Gasteiger partial charge in [-0.05, 0) is 86.6 Å². The minimum absolute atomic E-state index is 0.175. The number of rotatable bonds is 5. The Hall–Kier alpha value is -0.230. The van der Waals surface area contributed by atoms with Crippen LogP contribution < -0.4 is 5.32 Å². The molecule has 0 spiro atoms. The summed E-state index contributed by atoms with van der Waals surface area (Å²) in [6, 6.07) is 7.37. The molecular formula is C15H16Br2FNS. The van der Waals surface area contributed by atoms with Crippen LogP contribution in [0.1, 0.15) is 29.7 Å². The van der Waals surface area contributed by atoms with Crippen molar-refractivity contribution in [2.75, 3.05) is 6.54 Å². The van der Waals surface area contributed by atoms with Crippen molar-refractivity contribution < 1.29 is 4.39 Å². The normalized spacial score (nSPS) is 12.7. The molecule has 1 unspecified atom stereocenters. The van der Waals surface area contributed by atoms with E-state index in [0.717, 1.165) is 26.1 Å². The fourth-order valence-electron chi connectivity index (χ4n) is 2.24. The van der Waals surface area contributed by atoms with Crippen LogP contribution in [0.15, 0.2) is 31.8 Å². The molecule has 108 valence electrons. The molecule has 2 aromatic rings. The van der Waals surface area contributed by atoms with Gasteiger partial charge in [0.15, 0.2) is 0 Å². The number of hydrogen-bond acceptors (Lipinski definition) is 2. The quantitative estimate of drug-likeness (QED) is 0.662. The lowest BCUT2D eigenvalue weighted by molar-refractivity contribution is 0.547. The van der Waals surface area contributed by atoms with Crippen molar-refractivity contribution in [3.8, 4) is 0 Å². The molecule has 0 fully saturated rings. The van der Waals surface area contributed by atoms with Gasteiger partial charge < -0.3 is 5.32 Å². The predicted molar refractivity (Wildman–Crippen MR) is 91.0 cm³/mol. The zero-order valence-electron chi connectivity index (χ0n) is 11.3. The first-order valence-electron chi connectivity index (χ1n) is 6.44. The van der Waals surface area contributed by atoms with Crippen molar-refractivity contribution in [2.45, 2.75) is 26.3 Å². The first-order valence-corrected chi connectivity index (χ1v) is 8.84. The summed E-state index contributed by atoms with van der Waals surface area (Å²) in [7, 11) is 0. The number of benzene rings is 1. The molecule has 5 heteroatoms. The Kier molecular flexibility index (Phi) is 5.78. The van der Waals surface area contributed by atoms with Gasteiger partial charge in [0.25, 0.3) is 0 Å². The second kappa shape index (κ2) is 7.16. The minimum Gasteiger partial charge on any atom is -0.310 e. The molecule has 0 aliphatic carbocycles. The Balaban J connectivity index is 2.27. The summed E-state index contributed by atoms with van der Waals surface area (Å²) in [6.07, 6.45) is 0.849. The summed E-state index contributed by atoms with van der Waals surface area (Å²) in [4.78, 5) is 0. The third kappa shape index (κ3) is 3.91. The van der Waals surface area contributed by atoms with Crippen LogP contribution in [0.25, 0.3) is 0 Å². The van der Waals surface area contributed by atoms with Crippen LogP contribution in [0.5, 0.6) is 0 Å². The summed E-state index contributed by atoms with van der Waals surface area (Å²) in [5.41, 5.74) is 3.41. The van der Waals surface area contributed by atoms with Gasteiger partial charge in [0.1, 0.15) is 5.82 Å². The number of aryl methyl sites for hydroxylation is 1. The molecule has 0 saturated heterocycles. The van der Waals surface area contributed by atoms with Crippen LogP contribution in [0, 0.1) is 12.7 Å². The summed E-state index contributed by atoms with van der Waals surface area (Å²) in [6.45, 7) is 4.95. The second-order valence-corrected chi connectivity index (χ2v) is 8.41. The van der Waals surface area contributed by atoms with E-state index in [9.17, 15) is 4.39 Å². The van der Waals surface area contributed by atoms with E-state index in [2.05, 4.69) is 50.2 Å². The van der Waals surface area contributed by atoms with E-state index in [0.29, 0.717) is 0 Å². The van der Waals surface area contributed by atoms with Crippen molar-refractivity contribution in [1.29, 1.82) is 0 Å². The highest BCUT2D eigenvalue weighted by Gasteiger charge is 2.17. The average Bonchev–Trinajstić information content (AvgIpc) is 2.71. The monoisotopic (exact) mass is 419 g/mol. The van der Waals surface area contributed by atoms with Crippen LogP contribution in [0.3, 0.4) is 0 Å². The third-order valence-corrected chi connectivity index (χ3v) is 5.62. The molecular weight excluding hydrogens is 405 g/mol. The smallest absolute Gasteiger partial charge is 0.123 e. The Morgan fingerprint density at radius 1 is 1.30 bits per heavy atom. The second-order valence-electron chi connectivity index (χ2n) is 4.66. The topological polar surface area (TPSA) is 12.0 Å². The Morgan fingerprint density at radius 3 is 2.60 bits per heavy atom. The number of nitrogens with one attached hydrogen (secondary N) is 1. The molecule has 0 saturated carbocycles. The van der Waals surface area contributed by atoms with Crippen molar-refractivity contribution in [3.05, 3.63) is 54.3 Å². The van der Waals surface area contributed by atoms with Gasteiger partial charge in [-0.3, -0.25) is 0 Å². The lowest BCUT2D eigenvalue weighted by Crippen LogP contribution is -2.23. The highest BCUT2D eigenvalue weighted by Crippen LogP contribution is 2.36. The predicted octanol–water partition coefficient (Wildman–Crippen LogP) is 5.61. The Morgan fingerprint density at radius 2 is 2.05 bits per heavy atom. The highest BCUT2D eigenvalue weighted by atomic mass is 79.9. The van der Waals surface area contributed by atoms with Crippen molar-refractivity contribution in [1.82, 2.24) is 5.32 Å². The standard InChI is InChI=1S/C15H16Br2FNS/c1-3-19-13(12-8-14(16)20-15(12)17)7-10-4-5-11(18)6-9(10)2/h4-6,8,13,19H,3,7H2,1-2H3. The summed E-state index contributed by atoms with van der Waals surface area (Å²) >= 11 is 8.82. The van der Waals surface area contributed by atoms with E-state index < -0.39 is 0 Å². The van der Waals surface area contributed by atoms with Gasteiger partial charge in [0.05, 0.1) is 7.57 Å². The maximum absolute atomic E-state index is 13.2. The molecule has 1 nitrogen and oxygen atoms in total. The van der Waals surface area contributed by atoms with Crippen LogP contribution >= 0.6 is 43.2 Å². The van der Waals surface area contributed by atoms with E-state index >= 15 is 0 Å². The van der Waals surface area contributed by atoms with Gasteiger partial charge in [-0.2, -0.15) is 0 Å². The van der Waals surface area contributed by atoms with E-state index in [1.807, 2.05) is 13.0 Å². The molecule has 20 heavy (non-hydrogen) atoms. The summed E-state index contributed by atoms with van der Waals surface area (Å²) in [5.74, 6) is -0.175. The third-order valence-electron chi connectivity index (χ3n) is 3.24. The molecule has 0 amide bonds. The average molecular weight is 421 g/mol. The Bertz CT molecular complexity index is 598. The first-order chi connectivity index (χ1) is 9.51. The number of likely N-dealkylation sites (N-methyl/N-ethyl adjacent to an activating group) is 1. The zero-order valence-corrected chi connectivity index (χ0v) is 15.3. The van der Waals surface area contributed by atoms with Crippen LogP contribution in [0.4, 0.5) is 4.39 Å². The van der Waals surface area contributed by atoms with Crippen molar-refractivity contribution in [3.63, 3.8) is 0 Å². The van der Waals surface area contributed by atoms with Gasteiger partial charge in [-0.15, -0.1) is 11.3 Å². The van der Waals surface area contributed by atoms with Gasteiger partial charge >= 0.3 is 0 Å². The first kappa shape index (κ1) is 16.1.